The van der Waals surface area contributed by atoms with E-state index in [0.717, 1.165) is 0 Å². The number of hydrogen-bond acceptors (Lipinski definition) is 5. The van der Waals surface area contributed by atoms with Gasteiger partial charge in [0.1, 0.15) is 5.75 Å². The molecule has 2 aromatic rings. The van der Waals surface area contributed by atoms with Gasteiger partial charge in [0.15, 0.2) is 5.78 Å². The molecule has 1 fully saturated rings. The Morgan fingerprint density at radius 2 is 1.56 bits per heavy atom. The predicted octanol–water partition coefficient (Wildman–Crippen LogP) is 2.11. The summed E-state index contributed by atoms with van der Waals surface area (Å²) in [7, 11) is -3.59. The second kappa shape index (κ2) is 6.85. The van der Waals surface area contributed by atoms with Crippen molar-refractivity contribution >= 4 is 21.5 Å². The van der Waals surface area contributed by atoms with Crippen molar-refractivity contribution in [2.75, 3.05) is 31.1 Å². The Kier molecular flexibility index (Phi) is 4.78. The average molecular weight is 360 g/mol. The molecule has 1 saturated heterocycles. The molecular weight excluding hydrogens is 340 g/mol. The molecule has 1 aliphatic rings. The van der Waals surface area contributed by atoms with Crippen LogP contribution in [0.25, 0.3) is 0 Å². The molecule has 0 saturated carbocycles. The Morgan fingerprint density at radius 1 is 0.960 bits per heavy atom. The normalized spacial score (nSPS) is 16.0. The zero-order chi connectivity index (χ0) is 18.0. The van der Waals surface area contributed by atoms with Crippen molar-refractivity contribution in [3.8, 4) is 5.75 Å². The van der Waals surface area contributed by atoms with Crippen LogP contribution < -0.4 is 4.90 Å². The molecule has 1 aliphatic heterocycles. The highest BCUT2D eigenvalue weighted by molar-refractivity contribution is 7.89. The molecule has 1 N–H and O–H groups in total. The third kappa shape index (κ3) is 3.52. The molecule has 0 radical (unpaired) electrons. The first-order chi connectivity index (χ1) is 11.9. The third-order valence-electron chi connectivity index (χ3n) is 4.36. The topological polar surface area (TPSA) is 77.9 Å². The van der Waals surface area contributed by atoms with Gasteiger partial charge < -0.3 is 10.0 Å². The van der Waals surface area contributed by atoms with Crippen LogP contribution in [0.15, 0.2) is 53.4 Å². The van der Waals surface area contributed by atoms with E-state index in [9.17, 15) is 18.3 Å². The number of phenols is 1. The highest BCUT2D eigenvalue weighted by Crippen LogP contribution is 2.28. The average Bonchev–Trinajstić information content (AvgIpc) is 2.62. The number of piperazine rings is 1. The predicted molar refractivity (Wildman–Crippen MR) is 95.5 cm³/mol. The fourth-order valence-electron chi connectivity index (χ4n) is 2.91. The molecule has 1 heterocycles. The lowest BCUT2D eigenvalue weighted by Crippen LogP contribution is -2.48. The summed E-state index contributed by atoms with van der Waals surface area (Å²) in [6, 6.07) is 13.1. The summed E-state index contributed by atoms with van der Waals surface area (Å²) in [6.45, 7) is 3.13. The van der Waals surface area contributed by atoms with Crippen LogP contribution in [-0.2, 0) is 10.0 Å². The van der Waals surface area contributed by atoms with E-state index in [-0.39, 0.29) is 16.4 Å². The number of carbonyl (C=O) groups is 1. The maximum Gasteiger partial charge on any atom is 0.243 e. The molecule has 0 unspecified atom stereocenters. The van der Waals surface area contributed by atoms with Crippen molar-refractivity contribution in [1.29, 1.82) is 0 Å². The molecule has 0 aromatic heterocycles. The zero-order valence-electron chi connectivity index (χ0n) is 13.9. The number of carbonyl (C=O) groups excluding carboxylic acids is 1. The van der Waals surface area contributed by atoms with Gasteiger partial charge in [-0.1, -0.05) is 24.3 Å². The van der Waals surface area contributed by atoms with Gasteiger partial charge >= 0.3 is 0 Å². The van der Waals surface area contributed by atoms with Gasteiger partial charge in [0.25, 0.3) is 0 Å². The molecule has 2 aromatic carbocycles. The fourth-order valence-corrected chi connectivity index (χ4v) is 4.33. The first-order valence-corrected chi connectivity index (χ1v) is 9.48. The Bertz CT molecular complexity index is 870. The van der Waals surface area contributed by atoms with Crippen molar-refractivity contribution in [1.82, 2.24) is 4.31 Å². The molecule has 0 aliphatic carbocycles. The Labute approximate surface area is 147 Å². The van der Waals surface area contributed by atoms with Crippen molar-refractivity contribution in [3.63, 3.8) is 0 Å². The summed E-state index contributed by atoms with van der Waals surface area (Å²) in [6.07, 6.45) is 0. The number of phenolic OH excluding ortho intramolecular Hbond substituents is 1. The van der Waals surface area contributed by atoms with Gasteiger partial charge in [-0.05, 0) is 31.2 Å². The summed E-state index contributed by atoms with van der Waals surface area (Å²) < 4.78 is 26.9. The van der Waals surface area contributed by atoms with Crippen LogP contribution in [0.2, 0.25) is 0 Å². The molecule has 6 nitrogen and oxygen atoms in total. The maximum atomic E-state index is 12.8. The van der Waals surface area contributed by atoms with Gasteiger partial charge in [-0.2, -0.15) is 4.31 Å². The summed E-state index contributed by atoms with van der Waals surface area (Å²) in [5, 5.41) is 9.94. The number of para-hydroxylation sites is 2. The SMILES string of the molecule is CC(=O)c1ccc(S(=O)(=O)N2CCN(c3ccccc3O)CC2)cc1. The second-order valence-electron chi connectivity index (χ2n) is 5.96. The summed E-state index contributed by atoms with van der Waals surface area (Å²) in [5.74, 6) is 0.0962. The number of aromatic hydroxyl groups is 1. The maximum absolute atomic E-state index is 12.8. The number of sulfonamides is 1. The van der Waals surface area contributed by atoms with E-state index in [1.54, 1.807) is 12.1 Å². The van der Waals surface area contributed by atoms with Crippen LogP contribution in [0.3, 0.4) is 0 Å². The molecule has 25 heavy (non-hydrogen) atoms. The van der Waals surface area contributed by atoms with Crippen LogP contribution >= 0.6 is 0 Å². The minimum absolute atomic E-state index is 0.0970. The van der Waals surface area contributed by atoms with E-state index in [1.807, 2.05) is 17.0 Å². The van der Waals surface area contributed by atoms with Gasteiger partial charge in [0, 0.05) is 31.7 Å². The zero-order valence-corrected chi connectivity index (χ0v) is 14.7. The van der Waals surface area contributed by atoms with Crippen molar-refractivity contribution < 1.29 is 18.3 Å². The lowest BCUT2D eigenvalue weighted by Gasteiger charge is -2.35. The molecule has 132 valence electrons. The first kappa shape index (κ1) is 17.4. The lowest BCUT2D eigenvalue weighted by atomic mass is 10.2. The van der Waals surface area contributed by atoms with E-state index >= 15 is 0 Å². The van der Waals surface area contributed by atoms with Gasteiger partial charge in [-0.15, -0.1) is 0 Å². The molecule has 0 bridgehead atoms. The van der Waals surface area contributed by atoms with Gasteiger partial charge in [-0.3, -0.25) is 4.79 Å². The highest BCUT2D eigenvalue weighted by Gasteiger charge is 2.29. The smallest absolute Gasteiger partial charge is 0.243 e. The third-order valence-corrected chi connectivity index (χ3v) is 6.27. The molecule has 7 heteroatoms. The first-order valence-electron chi connectivity index (χ1n) is 8.03. The number of Topliss-reactive ketones (excluding diaryl/α,β-unsaturated/α-hetero) is 1. The van der Waals surface area contributed by atoms with Crippen LogP contribution in [0.1, 0.15) is 17.3 Å². The number of hydrogen-bond donors (Lipinski definition) is 1. The number of rotatable bonds is 4. The summed E-state index contributed by atoms with van der Waals surface area (Å²) >= 11 is 0. The van der Waals surface area contributed by atoms with E-state index in [0.29, 0.717) is 37.4 Å². The lowest BCUT2D eigenvalue weighted by molar-refractivity contribution is 0.101. The number of anilines is 1. The van der Waals surface area contributed by atoms with Crippen molar-refractivity contribution in [3.05, 3.63) is 54.1 Å². The van der Waals surface area contributed by atoms with Gasteiger partial charge in [-0.25, -0.2) is 8.42 Å². The second-order valence-corrected chi connectivity index (χ2v) is 7.90. The molecule has 0 atom stereocenters. The number of nitrogens with zero attached hydrogens (tertiary/aromatic N) is 2. The minimum Gasteiger partial charge on any atom is -0.506 e. The van der Waals surface area contributed by atoms with E-state index in [4.69, 9.17) is 0 Å². The van der Waals surface area contributed by atoms with Crippen LogP contribution in [0.5, 0.6) is 5.75 Å². The van der Waals surface area contributed by atoms with Crippen LogP contribution in [0, 0.1) is 0 Å². The van der Waals surface area contributed by atoms with Crippen molar-refractivity contribution in [2.45, 2.75) is 11.8 Å². The van der Waals surface area contributed by atoms with E-state index < -0.39 is 10.0 Å². The molecule has 0 amide bonds. The van der Waals surface area contributed by atoms with Gasteiger partial charge in [0.2, 0.25) is 10.0 Å². The Balaban J connectivity index is 1.73. The quantitative estimate of drug-likeness (QED) is 0.845. The number of benzene rings is 2. The van der Waals surface area contributed by atoms with Gasteiger partial charge in [0.05, 0.1) is 10.6 Å². The Morgan fingerprint density at radius 3 is 2.12 bits per heavy atom. The summed E-state index contributed by atoms with van der Waals surface area (Å²) in [4.78, 5) is 13.5. The fraction of sp³-hybridized carbons (Fsp3) is 0.278. The monoisotopic (exact) mass is 360 g/mol. The van der Waals surface area contributed by atoms with Crippen molar-refractivity contribution in [2.24, 2.45) is 0 Å². The number of ketones is 1. The van der Waals surface area contributed by atoms with Crippen LogP contribution in [0.4, 0.5) is 5.69 Å². The minimum atomic E-state index is -3.59. The Hall–Kier alpha value is -2.38. The highest BCUT2D eigenvalue weighted by atomic mass is 32.2. The standard InChI is InChI=1S/C18H20N2O4S/c1-14(21)15-6-8-16(9-7-15)25(23,24)20-12-10-19(11-13-20)17-4-2-3-5-18(17)22/h2-9,22H,10-13H2,1H3. The molecule has 0 spiro atoms. The molecule has 3 rings (SSSR count). The molecular formula is C18H20N2O4S. The van der Waals surface area contributed by atoms with E-state index in [2.05, 4.69) is 0 Å². The summed E-state index contributed by atoms with van der Waals surface area (Å²) in [5.41, 5.74) is 1.20. The van der Waals surface area contributed by atoms with E-state index in [1.165, 1.54) is 35.5 Å². The van der Waals surface area contributed by atoms with Crippen LogP contribution in [-0.4, -0.2) is 49.8 Å². The largest absolute Gasteiger partial charge is 0.506 e.